The zero-order chi connectivity index (χ0) is 30.5. The Morgan fingerprint density at radius 2 is 1.38 bits per heavy atom. The molecular formula is C34H33N7O4. The van der Waals surface area contributed by atoms with E-state index in [2.05, 4.69) is 78.6 Å². The number of hydrogen-bond donors (Lipinski definition) is 1. The van der Waals surface area contributed by atoms with Gasteiger partial charge in [0.25, 0.3) is 5.91 Å². The molecule has 4 atom stereocenters. The number of benzene rings is 3. The molecule has 2 aromatic heterocycles. The maximum absolute atomic E-state index is 13.0. The van der Waals surface area contributed by atoms with E-state index < -0.39 is 18.1 Å². The maximum atomic E-state index is 13.0. The number of aromatic nitrogens is 4. The molecule has 0 bridgehead atoms. The van der Waals surface area contributed by atoms with E-state index in [0.717, 1.165) is 24.5 Å². The van der Waals surface area contributed by atoms with Gasteiger partial charge in [-0.15, -0.1) is 0 Å². The molecule has 3 saturated heterocycles. The van der Waals surface area contributed by atoms with Gasteiger partial charge in [-0.25, -0.2) is 15.0 Å². The Balaban J connectivity index is 1.17. The third kappa shape index (κ3) is 4.89. The molecule has 11 heteroatoms. The molecule has 3 aromatic carbocycles. The zero-order valence-electron chi connectivity index (χ0n) is 24.9. The Morgan fingerprint density at radius 3 is 2.02 bits per heavy atom. The molecule has 0 saturated carbocycles. The first-order valence-corrected chi connectivity index (χ1v) is 15.2. The number of ether oxygens (including phenoxy) is 3. The maximum Gasteiger partial charge on any atom is 0.256 e. The van der Waals surface area contributed by atoms with Gasteiger partial charge in [0.15, 0.2) is 29.0 Å². The Kier molecular flexibility index (Phi) is 6.74. The van der Waals surface area contributed by atoms with Crippen molar-refractivity contribution in [2.75, 3.05) is 28.2 Å². The van der Waals surface area contributed by atoms with Crippen molar-refractivity contribution in [3.05, 3.63) is 109 Å². The van der Waals surface area contributed by atoms with Crippen LogP contribution >= 0.6 is 0 Å². The highest BCUT2D eigenvalue weighted by Crippen LogP contribution is 2.47. The first-order valence-electron chi connectivity index (χ1n) is 15.2. The third-order valence-corrected chi connectivity index (χ3v) is 8.66. The number of nitrogens with one attached hydrogen (secondary N) is 1. The topological polar surface area (TPSA) is 107 Å². The highest BCUT2D eigenvalue weighted by atomic mass is 16.8. The molecule has 0 spiro atoms. The van der Waals surface area contributed by atoms with Crippen LogP contribution in [0.2, 0.25) is 0 Å². The van der Waals surface area contributed by atoms with Crippen LogP contribution in [0.5, 0.6) is 0 Å². The van der Waals surface area contributed by atoms with Crippen molar-refractivity contribution < 1.29 is 19.0 Å². The molecule has 5 heterocycles. The lowest BCUT2D eigenvalue weighted by Gasteiger charge is -2.38. The molecular weight excluding hydrogens is 570 g/mol. The van der Waals surface area contributed by atoms with Crippen LogP contribution in [0.1, 0.15) is 30.4 Å². The molecule has 1 amide bonds. The summed E-state index contributed by atoms with van der Waals surface area (Å²) in [6.45, 7) is 5.51. The number of carbonyl (C=O) groups excluding carboxylic acids is 1. The summed E-state index contributed by atoms with van der Waals surface area (Å²) in [5.74, 6) is -0.771. The molecule has 11 nitrogen and oxygen atoms in total. The third-order valence-electron chi connectivity index (χ3n) is 8.66. The summed E-state index contributed by atoms with van der Waals surface area (Å²) in [4.78, 5) is 31.3. The van der Waals surface area contributed by atoms with Crippen LogP contribution in [0.4, 0.5) is 17.2 Å². The van der Waals surface area contributed by atoms with Crippen molar-refractivity contribution in [1.82, 2.24) is 19.5 Å². The highest BCUT2D eigenvalue weighted by molar-refractivity contribution is 6.06. The number of rotatable bonds is 6. The monoisotopic (exact) mass is 603 g/mol. The Morgan fingerprint density at radius 1 is 0.778 bits per heavy atom. The number of carbonyl (C=O) groups is 1. The lowest BCUT2D eigenvalue weighted by molar-refractivity contribution is -0.198. The summed E-state index contributed by atoms with van der Waals surface area (Å²) in [7, 11) is 0. The molecule has 3 aliphatic rings. The van der Waals surface area contributed by atoms with E-state index >= 15 is 0 Å². The molecule has 228 valence electrons. The fourth-order valence-corrected chi connectivity index (χ4v) is 6.78. The number of para-hydroxylation sites is 2. The van der Waals surface area contributed by atoms with E-state index in [1.165, 1.54) is 6.33 Å². The Hall–Kier alpha value is -4.84. The van der Waals surface area contributed by atoms with Crippen molar-refractivity contribution in [3.8, 4) is 0 Å². The minimum atomic E-state index is -0.816. The number of amides is 1. The summed E-state index contributed by atoms with van der Waals surface area (Å²) < 4.78 is 22.0. The Bertz CT molecular complexity index is 1770. The van der Waals surface area contributed by atoms with Gasteiger partial charge in [-0.05, 0) is 50.2 Å². The Labute approximate surface area is 260 Å². The van der Waals surface area contributed by atoms with Crippen LogP contribution in [0.15, 0.2) is 104 Å². The van der Waals surface area contributed by atoms with Crippen molar-refractivity contribution in [3.63, 3.8) is 0 Å². The smallest absolute Gasteiger partial charge is 0.256 e. The van der Waals surface area contributed by atoms with Gasteiger partial charge in [0.05, 0.1) is 6.33 Å². The SMILES string of the molecule is CC1(C)O[C@@H]2[C@H](O1)C(C1N(c3ccccc3)CCN1c1ccccc1)O[C@H]2n1cnc2c(NC(=O)c3ccccc3)ncnc21. The van der Waals surface area contributed by atoms with Gasteiger partial charge in [-0.2, -0.15) is 0 Å². The van der Waals surface area contributed by atoms with Crippen LogP contribution in [0, 0.1) is 0 Å². The molecule has 45 heavy (non-hydrogen) atoms. The zero-order valence-corrected chi connectivity index (χ0v) is 24.9. The number of nitrogens with zero attached hydrogens (tertiary/aromatic N) is 6. The van der Waals surface area contributed by atoms with E-state index in [1.54, 1.807) is 18.5 Å². The van der Waals surface area contributed by atoms with Crippen LogP contribution in [0.3, 0.4) is 0 Å². The first-order chi connectivity index (χ1) is 22.0. The van der Waals surface area contributed by atoms with Gasteiger partial charge in [0.1, 0.15) is 30.8 Å². The van der Waals surface area contributed by atoms with Crippen LogP contribution < -0.4 is 15.1 Å². The lowest BCUT2D eigenvalue weighted by Crippen LogP contribution is -2.53. The summed E-state index contributed by atoms with van der Waals surface area (Å²) in [5.41, 5.74) is 3.73. The van der Waals surface area contributed by atoms with E-state index in [1.807, 2.05) is 48.7 Å². The normalized spacial score (nSPS) is 24.3. The fourth-order valence-electron chi connectivity index (χ4n) is 6.78. The van der Waals surface area contributed by atoms with Crippen molar-refractivity contribution >= 4 is 34.3 Å². The number of imidazole rings is 1. The second-order valence-electron chi connectivity index (χ2n) is 11.9. The van der Waals surface area contributed by atoms with Gasteiger partial charge in [-0.3, -0.25) is 9.36 Å². The molecule has 3 aliphatic heterocycles. The van der Waals surface area contributed by atoms with Crippen molar-refractivity contribution in [2.45, 2.75) is 50.3 Å². The molecule has 0 aliphatic carbocycles. The lowest BCUT2D eigenvalue weighted by atomic mass is 10.1. The second kappa shape index (κ2) is 11.0. The minimum absolute atomic E-state index is 0.171. The molecule has 1 N–H and O–H groups in total. The number of fused-ring (bicyclic) bond motifs is 2. The average molecular weight is 604 g/mol. The van der Waals surface area contributed by atoms with Crippen LogP contribution in [-0.2, 0) is 14.2 Å². The number of anilines is 3. The molecule has 0 radical (unpaired) electrons. The van der Waals surface area contributed by atoms with Gasteiger partial charge in [0, 0.05) is 30.0 Å². The molecule has 8 rings (SSSR count). The summed E-state index contributed by atoms with van der Waals surface area (Å²) in [6.07, 6.45) is 1.14. The van der Waals surface area contributed by atoms with Crippen molar-refractivity contribution in [2.24, 2.45) is 0 Å². The van der Waals surface area contributed by atoms with Gasteiger partial charge in [0.2, 0.25) is 0 Å². The van der Waals surface area contributed by atoms with Gasteiger partial charge < -0.3 is 29.3 Å². The standard InChI is InChI=1S/C34H33N7O4/c1-34(2)44-26-27(32-39(23-14-8-4-9-15-23)18-19-40(32)24-16-10-5-11-17-24)43-33(28(26)45-34)41-21-37-25-29(35-20-36-30(25)41)38-31(42)22-12-6-3-7-13-22/h3-17,20-21,26-28,32-33H,18-19H2,1-2H3,(H,35,36,38,42)/t26-,27?,28-,33-/m1/s1. The van der Waals surface area contributed by atoms with Crippen LogP contribution in [-0.4, -0.2) is 68.8 Å². The first kappa shape index (κ1) is 27.7. The largest absolute Gasteiger partial charge is 0.347 e. The minimum Gasteiger partial charge on any atom is -0.347 e. The quantitative estimate of drug-likeness (QED) is 0.292. The summed E-state index contributed by atoms with van der Waals surface area (Å²) in [5, 5.41) is 2.89. The molecule has 1 unspecified atom stereocenters. The van der Waals surface area contributed by atoms with Gasteiger partial charge >= 0.3 is 0 Å². The predicted octanol–water partition coefficient (Wildman–Crippen LogP) is 4.85. The molecule has 5 aromatic rings. The second-order valence-corrected chi connectivity index (χ2v) is 11.9. The average Bonchev–Trinajstić information content (AvgIpc) is 3.84. The molecule has 3 fully saturated rings. The summed E-state index contributed by atoms with van der Waals surface area (Å²) in [6, 6.07) is 29.8. The van der Waals surface area contributed by atoms with E-state index in [-0.39, 0.29) is 24.3 Å². The summed E-state index contributed by atoms with van der Waals surface area (Å²) >= 11 is 0. The number of hydrogen-bond acceptors (Lipinski definition) is 9. The van der Waals surface area contributed by atoms with Gasteiger partial charge in [-0.1, -0.05) is 54.6 Å². The van der Waals surface area contributed by atoms with Crippen molar-refractivity contribution in [1.29, 1.82) is 0 Å². The van der Waals surface area contributed by atoms with E-state index in [9.17, 15) is 4.79 Å². The highest BCUT2D eigenvalue weighted by Gasteiger charge is 2.60. The van der Waals surface area contributed by atoms with Crippen LogP contribution in [0.25, 0.3) is 11.2 Å². The fraction of sp³-hybridized carbons (Fsp3) is 0.294. The van der Waals surface area contributed by atoms with E-state index in [4.69, 9.17) is 14.2 Å². The predicted molar refractivity (Wildman–Crippen MR) is 169 cm³/mol. The van der Waals surface area contributed by atoms with E-state index in [0.29, 0.717) is 22.5 Å².